The summed E-state index contributed by atoms with van der Waals surface area (Å²) < 4.78 is 4.74. The first-order valence-electron chi connectivity index (χ1n) is 9.00. The third-order valence-electron chi connectivity index (χ3n) is 5.92. The van der Waals surface area contributed by atoms with E-state index in [-0.39, 0.29) is 12.3 Å². The zero-order valence-electron chi connectivity index (χ0n) is 16.7. The molecule has 1 aliphatic heterocycles. The molecule has 7 heteroatoms. The van der Waals surface area contributed by atoms with Crippen molar-refractivity contribution in [1.29, 1.82) is 0 Å². The number of carboxylic acid groups (broad SMARTS) is 1. The second-order valence-corrected chi connectivity index (χ2v) is 8.58. The van der Waals surface area contributed by atoms with Gasteiger partial charge in [-0.2, -0.15) is 0 Å². The first-order valence-corrected chi connectivity index (χ1v) is 9.00. The van der Waals surface area contributed by atoms with Crippen LogP contribution >= 0.6 is 0 Å². The van der Waals surface area contributed by atoms with Gasteiger partial charge in [0.25, 0.3) is 0 Å². The summed E-state index contributed by atoms with van der Waals surface area (Å²) in [7, 11) is 1.47. The summed E-state index contributed by atoms with van der Waals surface area (Å²) >= 11 is 0. The Morgan fingerprint density at radius 1 is 1.19 bits per heavy atom. The fraction of sp³-hybridized carbons (Fsp3) is 0.789. The van der Waals surface area contributed by atoms with Crippen LogP contribution in [0.3, 0.4) is 0 Å². The molecule has 0 aromatic carbocycles. The third-order valence-corrected chi connectivity index (χ3v) is 5.92. The molecule has 0 spiro atoms. The van der Waals surface area contributed by atoms with Crippen LogP contribution in [0.4, 0.5) is 0 Å². The van der Waals surface area contributed by atoms with Crippen LogP contribution in [0.25, 0.3) is 0 Å². The van der Waals surface area contributed by atoms with Crippen LogP contribution in [-0.4, -0.2) is 36.0 Å². The second-order valence-electron chi connectivity index (χ2n) is 8.58. The van der Waals surface area contributed by atoms with Gasteiger partial charge in [-0.1, -0.05) is 48.0 Å². The van der Waals surface area contributed by atoms with E-state index in [1.165, 1.54) is 7.05 Å². The highest BCUT2D eigenvalue weighted by Crippen LogP contribution is 2.47. The molecular formula is C19H31NO6. The van der Waals surface area contributed by atoms with Crippen molar-refractivity contribution in [3.8, 4) is 0 Å². The number of carboxylic acids is 1. The predicted molar refractivity (Wildman–Crippen MR) is 94.9 cm³/mol. The highest BCUT2D eigenvalue weighted by Gasteiger charge is 2.53. The molecule has 1 amide bonds. The van der Waals surface area contributed by atoms with E-state index in [1.54, 1.807) is 20.8 Å². The Balaban J connectivity index is 3.29. The lowest BCUT2D eigenvalue weighted by molar-refractivity contribution is -0.155. The van der Waals surface area contributed by atoms with Gasteiger partial charge in [-0.25, -0.2) is 0 Å². The lowest BCUT2D eigenvalue weighted by Crippen LogP contribution is -2.47. The topological polar surface area (TPSA) is 110 Å². The average Bonchev–Trinajstić information content (AvgIpc) is 2.78. The highest BCUT2D eigenvalue weighted by molar-refractivity contribution is 5.96. The Hall–Kier alpha value is -1.92. The molecule has 1 saturated heterocycles. The van der Waals surface area contributed by atoms with Crippen molar-refractivity contribution in [1.82, 2.24) is 5.32 Å². The number of esters is 2. The largest absolute Gasteiger partial charge is 0.481 e. The number of amides is 1. The third kappa shape index (κ3) is 4.24. The first-order chi connectivity index (χ1) is 11.8. The van der Waals surface area contributed by atoms with Gasteiger partial charge in [-0.05, 0) is 17.3 Å². The summed E-state index contributed by atoms with van der Waals surface area (Å²) in [5.74, 6) is -5.69. The van der Waals surface area contributed by atoms with E-state index in [9.17, 15) is 24.3 Å². The lowest BCUT2D eigenvalue weighted by Gasteiger charge is -2.40. The first kappa shape index (κ1) is 22.1. The predicted octanol–water partition coefficient (Wildman–Crippen LogP) is 2.24. The van der Waals surface area contributed by atoms with Crippen LogP contribution in [0.2, 0.25) is 0 Å². The molecule has 1 fully saturated rings. The SMILES string of the molecule is CCC(C)(C)C(C(=O)O)C(CC(C)(C)C1C(=O)OC(=O)C1C)C(=O)NC. The van der Waals surface area contributed by atoms with Crippen molar-refractivity contribution in [2.75, 3.05) is 7.05 Å². The summed E-state index contributed by atoms with van der Waals surface area (Å²) in [5, 5.41) is 12.4. The molecule has 0 aromatic heterocycles. The molecule has 0 aliphatic carbocycles. The molecule has 1 heterocycles. The standard InChI is InChI=1S/C19H31NO6/c1-8-18(3,4)13(15(22)23)11(14(21)20-7)9-19(5,6)12-10(2)16(24)26-17(12)25/h10-13H,8-9H2,1-7H3,(H,20,21)(H,22,23). The van der Waals surface area contributed by atoms with Crippen LogP contribution in [0.15, 0.2) is 0 Å². The van der Waals surface area contributed by atoms with E-state index in [0.717, 1.165) is 0 Å². The molecule has 2 N–H and O–H groups in total. The molecule has 0 bridgehead atoms. The average molecular weight is 369 g/mol. The van der Waals surface area contributed by atoms with Crippen LogP contribution in [0, 0.1) is 34.5 Å². The molecule has 1 rings (SSSR count). The van der Waals surface area contributed by atoms with Gasteiger partial charge in [-0.3, -0.25) is 19.2 Å². The summed E-state index contributed by atoms with van der Waals surface area (Å²) in [6.07, 6.45) is 0.739. The van der Waals surface area contributed by atoms with Gasteiger partial charge < -0.3 is 15.2 Å². The van der Waals surface area contributed by atoms with Crippen molar-refractivity contribution < 1.29 is 29.0 Å². The van der Waals surface area contributed by atoms with Gasteiger partial charge in [0, 0.05) is 7.05 Å². The van der Waals surface area contributed by atoms with E-state index < -0.39 is 52.4 Å². The number of carbonyl (C=O) groups excluding carboxylic acids is 3. The minimum absolute atomic E-state index is 0.157. The smallest absolute Gasteiger partial charge is 0.318 e. The van der Waals surface area contributed by atoms with Crippen molar-refractivity contribution in [3.05, 3.63) is 0 Å². The van der Waals surface area contributed by atoms with Crippen LogP contribution < -0.4 is 5.32 Å². The van der Waals surface area contributed by atoms with Gasteiger partial charge in [0.05, 0.1) is 23.7 Å². The number of carbonyl (C=O) groups is 4. The molecule has 1 aliphatic rings. The maximum Gasteiger partial charge on any atom is 0.318 e. The van der Waals surface area contributed by atoms with E-state index in [0.29, 0.717) is 6.42 Å². The van der Waals surface area contributed by atoms with E-state index >= 15 is 0 Å². The van der Waals surface area contributed by atoms with Gasteiger partial charge in [0.1, 0.15) is 0 Å². The van der Waals surface area contributed by atoms with Gasteiger partial charge >= 0.3 is 17.9 Å². The Kier molecular flexibility index (Phi) is 6.60. The maximum absolute atomic E-state index is 12.6. The summed E-state index contributed by atoms with van der Waals surface area (Å²) in [6.45, 7) is 10.7. The fourth-order valence-corrected chi connectivity index (χ4v) is 4.10. The minimum atomic E-state index is -1.04. The molecule has 0 saturated carbocycles. The molecule has 148 valence electrons. The Morgan fingerprint density at radius 2 is 1.73 bits per heavy atom. The van der Waals surface area contributed by atoms with Crippen molar-refractivity contribution in [3.63, 3.8) is 0 Å². The summed E-state index contributed by atoms with van der Waals surface area (Å²) in [4.78, 5) is 48.5. The minimum Gasteiger partial charge on any atom is -0.481 e. The molecule has 26 heavy (non-hydrogen) atoms. The Bertz CT molecular complexity index is 595. The van der Waals surface area contributed by atoms with E-state index in [2.05, 4.69) is 5.32 Å². The van der Waals surface area contributed by atoms with E-state index in [4.69, 9.17) is 4.74 Å². The summed E-state index contributed by atoms with van der Waals surface area (Å²) in [5.41, 5.74) is -1.39. The van der Waals surface area contributed by atoms with Crippen molar-refractivity contribution in [2.45, 2.75) is 54.4 Å². The number of hydrogen-bond acceptors (Lipinski definition) is 5. The van der Waals surface area contributed by atoms with Crippen molar-refractivity contribution in [2.24, 2.45) is 34.5 Å². The zero-order chi connectivity index (χ0) is 20.4. The quantitative estimate of drug-likeness (QED) is 0.501. The monoisotopic (exact) mass is 369 g/mol. The lowest BCUT2D eigenvalue weighted by atomic mass is 9.62. The summed E-state index contributed by atoms with van der Waals surface area (Å²) in [6, 6.07) is 0. The molecule has 0 aromatic rings. The van der Waals surface area contributed by atoms with Crippen LogP contribution in [0.5, 0.6) is 0 Å². The molecule has 4 unspecified atom stereocenters. The Morgan fingerprint density at radius 3 is 2.08 bits per heavy atom. The highest BCUT2D eigenvalue weighted by atomic mass is 16.6. The molecule has 0 radical (unpaired) electrons. The zero-order valence-corrected chi connectivity index (χ0v) is 16.7. The van der Waals surface area contributed by atoms with Crippen LogP contribution in [0.1, 0.15) is 54.4 Å². The molecule has 7 nitrogen and oxygen atoms in total. The second kappa shape index (κ2) is 7.76. The molecule has 4 atom stereocenters. The number of nitrogens with one attached hydrogen (secondary N) is 1. The van der Waals surface area contributed by atoms with Gasteiger partial charge in [0.15, 0.2) is 0 Å². The van der Waals surface area contributed by atoms with Gasteiger partial charge in [0.2, 0.25) is 5.91 Å². The number of hydrogen-bond donors (Lipinski definition) is 2. The van der Waals surface area contributed by atoms with E-state index in [1.807, 2.05) is 20.8 Å². The Labute approximate surface area is 154 Å². The number of ether oxygens (including phenoxy) is 1. The fourth-order valence-electron chi connectivity index (χ4n) is 4.10. The van der Waals surface area contributed by atoms with Crippen LogP contribution in [-0.2, 0) is 23.9 Å². The number of rotatable bonds is 8. The normalized spacial score (nSPS) is 23.3. The molecular weight excluding hydrogens is 338 g/mol. The number of cyclic esters (lactones) is 2. The maximum atomic E-state index is 12.6. The van der Waals surface area contributed by atoms with Crippen molar-refractivity contribution >= 4 is 23.8 Å². The number of aliphatic carboxylic acids is 1. The van der Waals surface area contributed by atoms with Gasteiger partial charge in [-0.15, -0.1) is 0 Å².